The molecule has 1 atom stereocenters. The number of amides is 1. The van der Waals surface area contributed by atoms with Crippen molar-refractivity contribution in [3.63, 3.8) is 0 Å². The van der Waals surface area contributed by atoms with Crippen molar-refractivity contribution < 1.29 is 22.3 Å². The van der Waals surface area contributed by atoms with Gasteiger partial charge in [-0.05, 0) is 86.1 Å². The van der Waals surface area contributed by atoms with Crippen LogP contribution in [0.1, 0.15) is 41.2 Å². The molecule has 190 valence electrons. The van der Waals surface area contributed by atoms with Gasteiger partial charge in [-0.3, -0.25) is 14.4 Å². The fourth-order valence-corrected chi connectivity index (χ4v) is 5.45. The Morgan fingerprint density at radius 2 is 1.69 bits per heavy atom. The summed E-state index contributed by atoms with van der Waals surface area (Å²) in [7, 11) is -2.33. The maximum atomic E-state index is 13.1. The van der Waals surface area contributed by atoms with E-state index >= 15 is 0 Å². The topological polar surface area (TPSA) is 87.7 Å². The number of methoxy groups -OCH3 is 1. The lowest BCUT2D eigenvalue weighted by Gasteiger charge is -2.35. The molecular weight excluding hydrogens is 481 g/mol. The fourth-order valence-electron chi connectivity index (χ4n) is 4.34. The average Bonchev–Trinajstić information content (AvgIpc) is 2.91. The van der Waals surface area contributed by atoms with E-state index in [2.05, 4.69) is 14.9 Å². The average molecular weight is 512 g/mol. The highest BCUT2D eigenvalue weighted by Crippen LogP contribution is 2.26. The monoisotopic (exact) mass is 511 g/mol. The van der Waals surface area contributed by atoms with Crippen molar-refractivity contribution in [2.45, 2.75) is 30.2 Å². The Morgan fingerprint density at radius 3 is 2.36 bits per heavy atom. The highest BCUT2D eigenvalue weighted by molar-refractivity contribution is 7.92. The second-order valence-corrected chi connectivity index (χ2v) is 10.4. The van der Waals surface area contributed by atoms with E-state index in [0.717, 1.165) is 37.2 Å². The van der Waals surface area contributed by atoms with Crippen molar-refractivity contribution in [3.05, 3.63) is 89.7 Å². The standard InChI is InChI=1S/C27H30FN3O4S/c1-35-24-14-8-20(9-15-24)26(31-16-3-2-4-17-31)19-29-27(32)21-6-5-7-25(18-21)36(33,34)30-23-12-10-22(28)11-13-23/h5-15,18,26,30H,2-4,16-17,19H2,1H3,(H,29,32)/t26-/m1/s1. The summed E-state index contributed by atoms with van der Waals surface area (Å²) in [6.07, 6.45) is 3.43. The number of ether oxygens (including phenoxy) is 1. The van der Waals surface area contributed by atoms with Crippen LogP contribution in [0.25, 0.3) is 0 Å². The normalized spacial score (nSPS) is 15.2. The molecule has 0 bridgehead atoms. The number of carbonyl (C=O) groups excluding carboxylic acids is 1. The molecule has 1 aliphatic rings. The number of piperidine rings is 1. The van der Waals surface area contributed by atoms with Crippen LogP contribution in [-0.2, 0) is 10.0 Å². The number of nitrogens with zero attached hydrogens (tertiary/aromatic N) is 1. The zero-order valence-electron chi connectivity index (χ0n) is 20.1. The first-order valence-electron chi connectivity index (χ1n) is 11.9. The lowest BCUT2D eigenvalue weighted by Crippen LogP contribution is -2.40. The van der Waals surface area contributed by atoms with E-state index in [9.17, 15) is 17.6 Å². The SMILES string of the molecule is COc1ccc([C@@H](CNC(=O)c2cccc(S(=O)(=O)Nc3ccc(F)cc3)c2)N2CCCCC2)cc1. The van der Waals surface area contributed by atoms with E-state index in [0.29, 0.717) is 6.54 Å². The van der Waals surface area contributed by atoms with E-state index in [1.165, 1.54) is 48.9 Å². The second-order valence-electron chi connectivity index (χ2n) is 8.74. The lowest BCUT2D eigenvalue weighted by atomic mass is 10.0. The number of hydrogen-bond acceptors (Lipinski definition) is 5. The van der Waals surface area contributed by atoms with Gasteiger partial charge in [0, 0.05) is 17.8 Å². The van der Waals surface area contributed by atoms with Crippen molar-refractivity contribution >= 4 is 21.6 Å². The number of anilines is 1. The summed E-state index contributed by atoms with van der Waals surface area (Å²) in [5.74, 6) is -0.0501. The quantitative estimate of drug-likeness (QED) is 0.439. The third-order valence-electron chi connectivity index (χ3n) is 6.29. The van der Waals surface area contributed by atoms with Gasteiger partial charge in [0.05, 0.1) is 18.0 Å². The van der Waals surface area contributed by atoms with Gasteiger partial charge in [-0.1, -0.05) is 24.6 Å². The largest absolute Gasteiger partial charge is 0.497 e. The molecule has 0 aromatic heterocycles. The summed E-state index contributed by atoms with van der Waals surface area (Å²) in [5, 5.41) is 2.99. The van der Waals surface area contributed by atoms with Crippen LogP contribution >= 0.6 is 0 Å². The summed E-state index contributed by atoms with van der Waals surface area (Å²) in [6, 6.07) is 18.7. The van der Waals surface area contributed by atoms with Gasteiger partial charge < -0.3 is 10.1 Å². The molecule has 0 radical (unpaired) electrons. The van der Waals surface area contributed by atoms with Gasteiger partial charge in [0.1, 0.15) is 11.6 Å². The van der Waals surface area contributed by atoms with E-state index in [-0.39, 0.29) is 28.1 Å². The van der Waals surface area contributed by atoms with Crippen molar-refractivity contribution in [2.75, 3.05) is 31.5 Å². The molecule has 0 unspecified atom stereocenters. The maximum Gasteiger partial charge on any atom is 0.261 e. The first-order valence-corrected chi connectivity index (χ1v) is 13.4. The summed E-state index contributed by atoms with van der Waals surface area (Å²) in [6.45, 7) is 2.29. The number of benzene rings is 3. The summed E-state index contributed by atoms with van der Waals surface area (Å²) < 4.78 is 46.5. The van der Waals surface area contributed by atoms with Crippen molar-refractivity contribution in [2.24, 2.45) is 0 Å². The molecule has 1 heterocycles. The predicted molar refractivity (Wildman–Crippen MR) is 137 cm³/mol. The third-order valence-corrected chi connectivity index (χ3v) is 7.67. The van der Waals surface area contributed by atoms with Crippen molar-refractivity contribution in [3.8, 4) is 5.75 Å². The van der Waals surface area contributed by atoms with E-state index in [1.54, 1.807) is 13.2 Å². The lowest BCUT2D eigenvalue weighted by molar-refractivity contribution is 0.0924. The van der Waals surface area contributed by atoms with Crippen LogP contribution in [0.2, 0.25) is 0 Å². The first kappa shape index (κ1) is 25.7. The minimum absolute atomic E-state index is 0.00721. The number of carbonyl (C=O) groups is 1. The molecule has 1 fully saturated rings. The van der Waals surface area contributed by atoms with Crippen LogP contribution in [0, 0.1) is 5.82 Å². The highest BCUT2D eigenvalue weighted by Gasteiger charge is 2.24. The number of halogens is 1. The van der Waals surface area contributed by atoms with Crippen molar-refractivity contribution in [1.29, 1.82) is 0 Å². The third kappa shape index (κ3) is 6.41. The Bertz CT molecular complexity index is 1280. The molecule has 9 heteroatoms. The zero-order chi connectivity index (χ0) is 25.5. The Balaban J connectivity index is 1.48. The Hall–Kier alpha value is -3.43. The molecular formula is C27H30FN3O4S. The Kier molecular flexibility index (Phi) is 8.22. The number of hydrogen-bond donors (Lipinski definition) is 2. The van der Waals surface area contributed by atoms with Gasteiger partial charge >= 0.3 is 0 Å². The first-order chi connectivity index (χ1) is 17.4. The second kappa shape index (κ2) is 11.5. The molecule has 2 N–H and O–H groups in total. The van der Waals surface area contributed by atoms with Gasteiger partial charge in [-0.25, -0.2) is 12.8 Å². The Morgan fingerprint density at radius 1 is 1.00 bits per heavy atom. The summed E-state index contributed by atoms with van der Waals surface area (Å²) in [4.78, 5) is 15.4. The van der Waals surface area contributed by atoms with Gasteiger partial charge in [0.25, 0.3) is 15.9 Å². The minimum atomic E-state index is -3.95. The van der Waals surface area contributed by atoms with Gasteiger partial charge in [-0.2, -0.15) is 0 Å². The Labute approximate surface area is 211 Å². The van der Waals surface area contributed by atoms with Crippen LogP contribution in [0.3, 0.4) is 0 Å². The molecule has 1 saturated heterocycles. The molecule has 1 aliphatic heterocycles. The van der Waals surface area contributed by atoms with Crippen LogP contribution in [0.5, 0.6) is 5.75 Å². The number of rotatable bonds is 9. The highest BCUT2D eigenvalue weighted by atomic mass is 32.2. The molecule has 7 nitrogen and oxygen atoms in total. The van der Waals surface area contributed by atoms with Crippen molar-refractivity contribution in [1.82, 2.24) is 10.2 Å². The van der Waals surface area contributed by atoms with Crippen LogP contribution in [0.4, 0.5) is 10.1 Å². The summed E-state index contributed by atoms with van der Waals surface area (Å²) in [5.41, 5.74) is 1.55. The molecule has 3 aromatic rings. The molecule has 36 heavy (non-hydrogen) atoms. The molecule has 0 saturated carbocycles. The smallest absolute Gasteiger partial charge is 0.261 e. The minimum Gasteiger partial charge on any atom is -0.497 e. The zero-order valence-corrected chi connectivity index (χ0v) is 20.9. The predicted octanol–water partition coefficient (Wildman–Crippen LogP) is 4.59. The van der Waals surface area contributed by atoms with E-state index in [1.807, 2.05) is 24.3 Å². The molecule has 3 aromatic carbocycles. The van der Waals surface area contributed by atoms with Crippen LogP contribution in [0.15, 0.2) is 77.7 Å². The number of sulfonamides is 1. The number of nitrogens with one attached hydrogen (secondary N) is 2. The van der Waals surface area contributed by atoms with Crippen LogP contribution < -0.4 is 14.8 Å². The fraction of sp³-hybridized carbons (Fsp3) is 0.296. The molecule has 0 spiro atoms. The van der Waals surface area contributed by atoms with Gasteiger partial charge in [0.2, 0.25) is 0 Å². The molecule has 1 amide bonds. The number of likely N-dealkylation sites (tertiary alicyclic amines) is 1. The van der Waals surface area contributed by atoms with E-state index < -0.39 is 15.8 Å². The maximum absolute atomic E-state index is 13.1. The van der Waals surface area contributed by atoms with Gasteiger partial charge in [-0.15, -0.1) is 0 Å². The molecule has 0 aliphatic carbocycles. The summed E-state index contributed by atoms with van der Waals surface area (Å²) >= 11 is 0. The van der Waals surface area contributed by atoms with Crippen LogP contribution in [-0.4, -0.2) is 46.0 Å². The van der Waals surface area contributed by atoms with E-state index in [4.69, 9.17) is 4.74 Å². The van der Waals surface area contributed by atoms with Gasteiger partial charge in [0.15, 0.2) is 0 Å². The molecule has 4 rings (SSSR count).